The van der Waals surface area contributed by atoms with Crippen molar-refractivity contribution in [1.82, 2.24) is 19.9 Å². The van der Waals surface area contributed by atoms with Gasteiger partial charge in [-0.25, -0.2) is 4.98 Å². The largest absolute Gasteiger partial charge is 0.506 e. The van der Waals surface area contributed by atoms with Crippen LogP contribution in [0.1, 0.15) is 60.0 Å². The van der Waals surface area contributed by atoms with Crippen molar-refractivity contribution in [2.24, 2.45) is 0 Å². The van der Waals surface area contributed by atoms with Gasteiger partial charge in [-0.15, -0.1) is 0 Å². The Balaban J connectivity index is 0.000000142. The SMILES string of the molecule is N#Cc1c(Cl)nc2cnc(C3CC3)cc2c1Cl.N#Cc1c(O)c2cc(C3CC3)ncc2[nH]c1=O. The molecule has 168 valence electrons. The summed E-state index contributed by atoms with van der Waals surface area (Å²) >= 11 is 12.0. The van der Waals surface area contributed by atoms with Crippen molar-refractivity contribution in [2.75, 3.05) is 0 Å². The van der Waals surface area contributed by atoms with E-state index in [1.165, 1.54) is 19.0 Å². The highest BCUT2D eigenvalue weighted by atomic mass is 35.5. The van der Waals surface area contributed by atoms with E-state index in [0.29, 0.717) is 33.3 Å². The molecule has 0 spiro atoms. The molecule has 0 aromatic carbocycles. The van der Waals surface area contributed by atoms with Crippen molar-refractivity contribution >= 4 is 45.0 Å². The van der Waals surface area contributed by atoms with Crippen LogP contribution in [-0.4, -0.2) is 25.0 Å². The van der Waals surface area contributed by atoms with E-state index in [4.69, 9.17) is 33.7 Å². The first-order valence-electron chi connectivity index (χ1n) is 10.6. The molecule has 2 aliphatic rings. The lowest BCUT2D eigenvalue weighted by Gasteiger charge is -2.05. The van der Waals surface area contributed by atoms with Crippen molar-refractivity contribution in [2.45, 2.75) is 37.5 Å². The first-order valence-corrected chi connectivity index (χ1v) is 11.4. The molecule has 0 aliphatic heterocycles. The fraction of sp³-hybridized carbons (Fsp3) is 0.250. The molecule has 2 fully saturated rings. The summed E-state index contributed by atoms with van der Waals surface area (Å²) in [5.41, 5.74) is 2.41. The number of nitrogens with one attached hydrogen (secondary N) is 1. The number of halogens is 2. The Bertz CT molecular complexity index is 1610. The molecule has 34 heavy (non-hydrogen) atoms. The van der Waals surface area contributed by atoms with Gasteiger partial charge in [0.15, 0.2) is 5.56 Å². The van der Waals surface area contributed by atoms with Crippen molar-refractivity contribution < 1.29 is 5.11 Å². The second kappa shape index (κ2) is 8.57. The van der Waals surface area contributed by atoms with Crippen LogP contribution in [0.25, 0.3) is 21.8 Å². The first kappa shape index (κ1) is 22.1. The van der Waals surface area contributed by atoms with E-state index in [9.17, 15) is 9.90 Å². The summed E-state index contributed by atoms with van der Waals surface area (Å²) in [6.45, 7) is 0. The highest BCUT2D eigenvalue weighted by molar-refractivity contribution is 6.39. The lowest BCUT2D eigenvalue weighted by molar-refractivity contribution is 0.478. The van der Waals surface area contributed by atoms with E-state index in [2.05, 4.69) is 19.9 Å². The third-order valence-corrected chi connectivity index (χ3v) is 6.56. The third kappa shape index (κ3) is 4.03. The maximum Gasteiger partial charge on any atom is 0.270 e. The van der Waals surface area contributed by atoms with Crippen molar-refractivity contribution in [3.05, 3.63) is 67.6 Å². The van der Waals surface area contributed by atoms with Gasteiger partial charge in [-0.05, 0) is 37.8 Å². The molecular formula is C24H16Cl2N6O2. The van der Waals surface area contributed by atoms with Crippen molar-refractivity contribution in [3.63, 3.8) is 0 Å². The van der Waals surface area contributed by atoms with Gasteiger partial charge in [0.2, 0.25) is 0 Å². The minimum Gasteiger partial charge on any atom is -0.506 e. The Labute approximate surface area is 203 Å². The zero-order chi connectivity index (χ0) is 24.0. The second-order valence-corrected chi connectivity index (χ2v) is 9.06. The molecule has 4 aromatic heterocycles. The number of H-pyrrole nitrogens is 1. The molecule has 10 heteroatoms. The van der Waals surface area contributed by atoms with Crippen LogP contribution in [-0.2, 0) is 0 Å². The van der Waals surface area contributed by atoms with E-state index in [1.807, 2.05) is 12.1 Å². The minimum atomic E-state index is -0.585. The summed E-state index contributed by atoms with van der Waals surface area (Å²) in [6.07, 6.45) is 7.75. The van der Waals surface area contributed by atoms with E-state index < -0.39 is 5.56 Å². The van der Waals surface area contributed by atoms with Crippen LogP contribution < -0.4 is 5.56 Å². The van der Waals surface area contributed by atoms with Crippen LogP contribution in [0.15, 0.2) is 29.3 Å². The van der Waals surface area contributed by atoms with Crippen LogP contribution in [0, 0.1) is 22.7 Å². The molecule has 2 aliphatic carbocycles. The molecule has 8 nitrogen and oxygen atoms in total. The van der Waals surface area contributed by atoms with Gasteiger partial charge in [-0.1, -0.05) is 23.2 Å². The van der Waals surface area contributed by atoms with E-state index in [0.717, 1.165) is 29.6 Å². The molecule has 6 rings (SSSR count). The monoisotopic (exact) mass is 490 g/mol. The zero-order valence-electron chi connectivity index (χ0n) is 17.6. The number of fused-ring (bicyclic) bond motifs is 2. The Morgan fingerprint density at radius 3 is 2.12 bits per heavy atom. The predicted molar refractivity (Wildman–Crippen MR) is 127 cm³/mol. The average molecular weight is 491 g/mol. The lowest BCUT2D eigenvalue weighted by Crippen LogP contribution is -2.10. The van der Waals surface area contributed by atoms with Crippen molar-refractivity contribution in [1.29, 1.82) is 10.5 Å². The van der Waals surface area contributed by atoms with Crippen LogP contribution in [0.4, 0.5) is 0 Å². The molecule has 0 bridgehead atoms. The van der Waals surface area contributed by atoms with E-state index in [-0.39, 0.29) is 22.0 Å². The average Bonchev–Trinajstić information content (AvgIpc) is 3.73. The van der Waals surface area contributed by atoms with Crippen LogP contribution in [0.3, 0.4) is 0 Å². The number of pyridine rings is 4. The number of nitriles is 2. The summed E-state index contributed by atoms with van der Waals surface area (Å²) < 4.78 is 0. The molecule has 0 saturated heterocycles. The Morgan fingerprint density at radius 2 is 1.53 bits per heavy atom. The fourth-order valence-electron chi connectivity index (χ4n) is 3.71. The smallest absolute Gasteiger partial charge is 0.270 e. The normalized spacial score (nSPS) is 14.8. The van der Waals surface area contributed by atoms with Gasteiger partial charge < -0.3 is 10.1 Å². The zero-order valence-corrected chi connectivity index (χ0v) is 19.2. The quantitative estimate of drug-likeness (QED) is 0.374. The molecule has 4 aromatic rings. The number of hydrogen-bond acceptors (Lipinski definition) is 7. The summed E-state index contributed by atoms with van der Waals surface area (Å²) in [5, 5.41) is 29.4. The Morgan fingerprint density at radius 1 is 0.941 bits per heavy atom. The Hall–Kier alpha value is -3.72. The number of rotatable bonds is 2. The number of nitrogens with zero attached hydrogens (tertiary/aromatic N) is 5. The topological polar surface area (TPSA) is 139 Å². The van der Waals surface area contributed by atoms with Gasteiger partial charge in [0.25, 0.3) is 5.56 Å². The maximum absolute atomic E-state index is 11.5. The molecule has 2 saturated carbocycles. The standard InChI is InChI=1S/C12H7Cl2N3.C12H9N3O2/c13-11-7-3-9(6-1-2-6)16-5-10(7)17-12(14)8(11)4-15;13-4-8-11(16)7-3-9(6-1-2-6)14-5-10(7)15-12(8)17/h3,5-6H,1-2H2;3,5-6H,1-2H2,(H2,15,16,17). The molecular weight excluding hydrogens is 475 g/mol. The van der Waals surface area contributed by atoms with Crippen LogP contribution in [0.2, 0.25) is 10.2 Å². The number of hydrogen-bond donors (Lipinski definition) is 2. The van der Waals surface area contributed by atoms with Crippen LogP contribution >= 0.6 is 23.2 Å². The second-order valence-electron chi connectivity index (χ2n) is 8.32. The minimum absolute atomic E-state index is 0.131. The van der Waals surface area contributed by atoms with Gasteiger partial charge in [-0.2, -0.15) is 10.5 Å². The van der Waals surface area contributed by atoms with Gasteiger partial charge in [0, 0.05) is 34.0 Å². The maximum atomic E-state index is 11.5. The summed E-state index contributed by atoms with van der Waals surface area (Å²) in [4.78, 5) is 26.7. The highest BCUT2D eigenvalue weighted by Crippen LogP contribution is 2.41. The van der Waals surface area contributed by atoms with Gasteiger partial charge >= 0.3 is 0 Å². The van der Waals surface area contributed by atoms with Crippen LogP contribution in [0.5, 0.6) is 5.75 Å². The molecule has 0 unspecified atom stereocenters. The van der Waals surface area contributed by atoms with Gasteiger partial charge in [-0.3, -0.25) is 14.8 Å². The molecule has 0 atom stereocenters. The van der Waals surface area contributed by atoms with Gasteiger partial charge in [0.05, 0.1) is 28.4 Å². The molecule has 0 radical (unpaired) electrons. The summed E-state index contributed by atoms with van der Waals surface area (Å²) in [7, 11) is 0. The fourth-order valence-corrected chi connectivity index (χ4v) is 4.27. The number of aromatic hydroxyl groups is 1. The molecule has 2 N–H and O–H groups in total. The molecule has 0 amide bonds. The lowest BCUT2D eigenvalue weighted by atomic mass is 10.1. The molecule has 4 heterocycles. The number of aromatic nitrogens is 4. The van der Waals surface area contributed by atoms with Crippen molar-refractivity contribution in [3.8, 4) is 17.9 Å². The third-order valence-electron chi connectivity index (χ3n) is 5.89. The van der Waals surface area contributed by atoms with Gasteiger partial charge in [0.1, 0.15) is 28.6 Å². The van der Waals surface area contributed by atoms with E-state index >= 15 is 0 Å². The summed E-state index contributed by atoms with van der Waals surface area (Å²) in [5.74, 6) is 0.739. The summed E-state index contributed by atoms with van der Waals surface area (Å²) in [6, 6.07) is 7.34. The first-order chi connectivity index (χ1) is 16.4. The Kier molecular flexibility index (Phi) is 5.57. The predicted octanol–water partition coefficient (Wildman–Crippen LogP) is 5.06. The van der Waals surface area contributed by atoms with E-state index in [1.54, 1.807) is 18.3 Å². The highest BCUT2D eigenvalue weighted by Gasteiger charge is 2.26. The number of aromatic amines is 1.